The monoisotopic (exact) mass is 497 g/mol. The van der Waals surface area contributed by atoms with E-state index in [1.54, 1.807) is 0 Å². The number of hydrogen-bond acceptors (Lipinski definition) is 9. The summed E-state index contributed by atoms with van der Waals surface area (Å²) in [6, 6.07) is 8.02. The Kier molecular flexibility index (Phi) is 9.00. The maximum atomic E-state index is 11.2. The van der Waals surface area contributed by atoms with Crippen LogP contribution >= 0.6 is 0 Å². The number of carbonyl (C=O) groups is 1. The van der Waals surface area contributed by atoms with Gasteiger partial charge in [-0.3, -0.25) is 4.79 Å². The van der Waals surface area contributed by atoms with Crippen molar-refractivity contribution in [3.63, 3.8) is 0 Å². The van der Waals surface area contributed by atoms with Gasteiger partial charge in [0.15, 0.2) is 0 Å². The van der Waals surface area contributed by atoms with Gasteiger partial charge in [-0.1, -0.05) is 12.1 Å². The van der Waals surface area contributed by atoms with Crippen LogP contribution in [0.25, 0.3) is 22.8 Å². The van der Waals surface area contributed by atoms with Crippen LogP contribution in [-0.4, -0.2) is 70.2 Å². The SMILES string of the molecule is CCc1cc(-c2noc(-c3cc(C)nc(N(C)C(C)C)c3)n2)cc(C)c1OC[C@H](O)CNC(=O)CO. The van der Waals surface area contributed by atoms with Gasteiger partial charge < -0.3 is 29.7 Å². The molecule has 3 aromatic rings. The van der Waals surface area contributed by atoms with E-state index >= 15 is 0 Å². The average molecular weight is 498 g/mol. The molecule has 0 radical (unpaired) electrons. The van der Waals surface area contributed by atoms with Crippen molar-refractivity contribution in [1.29, 1.82) is 0 Å². The van der Waals surface area contributed by atoms with Gasteiger partial charge in [0.25, 0.3) is 5.89 Å². The van der Waals surface area contributed by atoms with E-state index in [-0.39, 0.29) is 13.2 Å². The van der Waals surface area contributed by atoms with Crippen molar-refractivity contribution in [3.8, 4) is 28.6 Å². The summed E-state index contributed by atoms with van der Waals surface area (Å²) in [4.78, 5) is 22.5. The molecule has 36 heavy (non-hydrogen) atoms. The van der Waals surface area contributed by atoms with Gasteiger partial charge in [-0.25, -0.2) is 4.98 Å². The lowest BCUT2D eigenvalue weighted by molar-refractivity contribution is -0.124. The van der Waals surface area contributed by atoms with Gasteiger partial charge >= 0.3 is 0 Å². The maximum absolute atomic E-state index is 11.2. The van der Waals surface area contributed by atoms with E-state index in [4.69, 9.17) is 14.4 Å². The minimum atomic E-state index is -0.910. The van der Waals surface area contributed by atoms with Crippen molar-refractivity contribution < 1.29 is 24.3 Å². The number of nitrogens with one attached hydrogen (secondary N) is 1. The van der Waals surface area contributed by atoms with E-state index in [2.05, 4.69) is 39.2 Å². The van der Waals surface area contributed by atoms with Crippen LogP contribution in [-0.2, 0) is 11.2 Å². The Morgan fingerprint density at radius 2 is 1.92 bits per heavy atom. The number of benzene rings is 1. The van der Waals surface area contributed by atoms with Gasteiger partial charge in [0.1, 0.15) is 30.9 Å². The highest BCUT2D eigenvalue weighted by Gasteiger charge is 2.18. The first kappa shape index (κ1) is 27.1. The van der Waals surface area contributed by atoms with E-state index in [0.717, 1.165) is 33.8 Å². The number of carbonyl (C=O) groups excluding carboxylic acids is 1. The molecule has 2 aromatic heterocycles. The van der Waals surface area contributed by atoms with E-state index in [1.165, 1.54) is 0 Å². The molecule has 0 spiro atoms. The van der Waals surface area contributed by atoms with Crippen molar-refractivity contribution in [2.75, 3.05) is 31.7 Å². The molecule has 3 rings (SSSR count). The lowest BCUT2D eigenvalue weighted by Gasteiger charge is -2.23. The van der Waals surface area contributed by atoms with E-state index < -0.39 is 18.6 Å². The third-order valence-electron chi connectivity index (χ3n) is 5.84. The zero-order valence-corrected chi connectivity index (χ0v) is 21.7. The lowest BCUT2D eigenvalue weighted by Crippen LogP contribution is -2.36. The van der Waals surface area contributed by atoms with Crippen molar-refractivity contribution in [2.24, 2.45) is 0 Å². The summed E-state index contributed by atoms with van der Waals surface area (Å²) in [5, 5.41) is 25.5. The third kappa shape index (κ3) is 6.58. The van der Waals surface area contributed by atoms with E-state index in [9.17, 15) is 9.90 Å². The summed E-state index contributed by atoms with van der Waals surface area (Å²) in [6.07, 6.45) is -0.215. The zero-order chi connectivity index (χ0) is 26.4. The molecule has 0 aliphatic rings. The van der Waals surface area contributed by atoms with Crippen LogP contribution in [0.5, 0.6) is 5.75 Å². The predicted molar refractivity (Wildman–Crippen MR) is 137 cm³/mol. The lowest BCUT2D eigenvalue weighted by atomic mass is 10.0. The normalized spacial score (nSPS) is 12.0. The minimum Gasteiger partial charge on any atom is -0.490 e. The van der Waals surface area contributed by atoms with Crippen LogP contribution in [0.4, 0.5) is 5.82 Å². The number of rotatable bonds is 11. The fourth-order valence-corrected chi connectivity index (χ4v) is 3.65. The standard InChI is InChI=1S/C26H35N5O5/c1-7-18-10-19(8-16(4)24(18)35-14-21(33)12-27-23(34)13-32)25-29-26(36-30-25)20-9-17(5)28-22(11-20)31(6)15(2)3/h8-11,15,21,32-33H,7,12-14H2,1-6H3,(H,27,34)/t21-/m1/s1. The summed E-state index contributed by atoms with van der Waals surface area (Å²) in [5.41, 5.74) is 4.26. The molecule has 1 aromatic carbocycles. The molecule has 0 saturated carbocycles. The van der Waals surface area contributed by atoms with E-state index in [1.807, 2.05) is 52.1 Å². The second kappa shape index (κ2) is 12.0. The fraction of sp³-hybridized carbons (Fsp3) is 0.462. The number of aliphatic hydroxyl groups excluding tert-OH is 2. The van der Waals surface area contributed by atoms with E-state index in [0.29, 0.717) is 29.9 Å². The van der Waals surface area contributed by atoms with Crippen LogP contribution in [0.1, 0.15) is 37.6 Å². The molecule has 2 heterocycles. The molecule has 0 unspecified atom stereocenters. The van der Waals surface area contributed by atoms with Crippen LogP contribution in [0, 0.1) is 13.8 Å². The fourth-order valence-electron chi connectivity index (χ4n) is 3.65. The molecule has 0 saturated heterocycles. The van der Waals surface area contributed by atoms with Crippen LogP contribution < -0.4 is 15.0 Å². The second-order valence-electron chi connectivity index (χ2n) is 9.05. The Balaban J connectivity index is 1.81. The third-order valence-corrected chi connectivity index (χ3v) is 5.84. The number of pyridine rings is 1. The molecule has 3 N–H and O–H groups in total. The Hall–Kier alpha value is -3.50. The molecule has 0 aliphatic carbocycles. The number of aromatic nitrogens is 3. The number of anilines is 1. The number of nitrogens with zero attached hydrogens (tertiary/aromatic N) is 4. The van der Waals surface area contributed by atoms with Gasteiger partial charge in [0.05, 0.1) is 0 Å². The summed E-state index contributed by atoms with van der Waals surface area (Å²) in [5.74, 6) is 1.84. The molecule has 0 bridgehead atoms. The molecule has 1 amide bonds. The largest absolute Gasteiger partial charge is 0.490 e. The van der Waals surface area contributed by atoms with Crippen molar-refractivity contribution in [3.05, 3.63) is 41.1 Å². The highest BCUT2D eigenvalue weighted by Crippen LogP contribution is 2.32. The van der Waals surface area contributed by atoms with Crippen molar-refractivity contribution >= 4 is 11.7 Å². The zero-order valence-electron chi connectivity index (χ0n) is 21.7. The molecule has 0 aliphatic heterocycles. The number of amides is 1. The van der Waals surface area contributed by atoms with Crippen LogP contribution in [0.15, 0.2) is 28.8 Å². The number of aliphatic hydroxyl groups is 2. The minimum absolute atomic E-state index is 0.000194. The molecule has 194 valence electrons. The summed E-state index contributed by atoms with van der Waals surface area (Å²) >= 11 is 0. The van der Waals surface area contributed by atoms with Gasteiger partial charge in [0.2, 0.25) is 11.7 Å². The van der Waals surface area contributed by atoms with Crippen molar-refractivity contribution in [2.45, 2.75) is 53.2 Å². The molecule has 0 fully saturated rings. The smallest absolute Gasteiger partial charge is 0.258 e. The Morgan fingerprint density at radius 1 is 1.17 bits per heavy atom. The van der Waals surface area contributed by atoms with Crippen molar-refractivity contribution in [1.82, 2.24) is 20.4 Å². The highest BCUT2D eigenvalue weighted by molar-refractivity contribution is 5.76. The Bertz CT molecular complexity index is 1190. The topological polar surface area (TPSA) is 134 Å². The molecular weight excluding hydrogens is 462 g/mol. The van der Waals surface area contributed by atoms with Gasteiger partial charge in [-0.05, 0) is 69.5 Å². The predicted octanol–water partition coefficient (Wildman–Crippen LogP) is 2.67. The molecule has 1 atom stereocenters. The highest BCUT2D eigenvalue weighted by atomic mass is 16.5. The number of ether oxygens (including phenoxy) is 1. The summed E-state index contributed by atoms with van der Waals surface area (Å²) < 4.78 is 11.5. The average Bonchev–Trinajstić information content (AvgIpc) is 3.35. The van der Waals surface area contributed by atoms with Gasteiger partial charge in [-0.15, -0.1) is 0 Å². The number of aryl methyl sites for hydroxylation is 3. The first-order chi connectivity index (χ1) is 17.1. The Morgan fingerprint density at radius 3 is 2.58 bits per heavy atom. The maximum Gasteiger partial charge on any atom is 0.258 e. The molecule has 10 nitrogen and oxygen atoms in total. The molecular formula is C26H35N5O5. The second-order valence-corrected chi connectivity index (χ2v) is 9.05. The Labute approximate surface area is 211 Å². The van der Waals surface area contributed by atoms with Crippen LogP contribution in [0.3, 0.4) is 0 Å². The quantitative estimate of drug-likeness (QED) is 0.365. The number of hydrogen-bond donors (Lipinski definition) is 3. The van der Waals surface area contributed by atoms with Gasteiger partial charge in [-0.2, -0.15) is 4.98 Å². The van der Waals surface area contributed by atoms with Gasteiger partial charge in [0, 0.05) is 36.5 Å². The summed E-state index contributed by atoms with van der Waals surface area (Å²) in [6.45, 7) is 9.44. The molecule has 10 heteroatoms. The summed E-state index contributed by atoms with van der Waals surface area (Å²) in [7, 11) is 2.00. The van der Waals surface area contributed by atoms with Crippen LogP contribution in [0.2, 0.25) is 0 Å². The first-order valence-electron chi connectivity index (χ1n) is 12.0. The first-order valence-corrected chi connectivity index (χ1v) is 12.0.